The van der Waals surface area contributed by atoms with Gasteiger partial charge in [0.2, 0.25) is 0 Å². The summed E-state index contributed by atoms with van der Waals surface area (Å²) in [7, 11) is -3.30. The first-order valence-electron chi connectivity index (χ1n) is 6.97. The normalized spacial score (nSPS) is 30.8. The molecule has 2 aliphatic rings. The van der Waals surface area contributed by atoms with E-state index in [1.807, 2.05) is 0 Å². The van der Waals surface area contributed by atoms with Crippen molar-refractivity contribution in [1.82, 2.24) is 14.3 Å². The highest BCUT2D eigenvalue weighted by Crippen LogP contribution is 2.19. The minimum absolute atomic E-state index is 0. The van der Waals surface area contributed by atoms with Crippen molar-refractivity contribution in [3.8, 4) is 0 Å². The molecule has 0 aromatic carbocycles. The smallest absolute Gasteiger partial charge is 0.279 e. The predicted molar refractivity (Wildman–Crippen MR) is 79.7 cm³/mol. The molecule has 0 radical (unpaired) electrons. The molecule has 0 amide bonds. The van der Waals surface area contributed by atoms with Crippen molar-refractivity contribution in [1.29, 1.82) is 0 Å². The maximum Gasteiger partial charge on any atom is 0.279 e. The zero-order chi connectivity index (χ0) is 13.2. The third-order valence-electron chi connectivity index (χ3n) is 4.21. The zero-order valence-corrected chi connectivity index (χ0v) is 13.4. The van der Waals surface area contributed by atoms with Crippen molar-refractivity contribution in [3.63, 3.8) is 0 Å². The van der Waals surface area contributed by atoms with E-state index in [0.717, 1.165) is 32.4 Å². The molecule has 0 aromatic rings. The number of rotatable bonds is 3. The fourth-order valence-corrected chi connectivity index (χ4v) is 4.18. The summed E-state index contributed by atoms with van der Waals surface area (Å²) in [4.78, 5) is 0. The van der Waals surface area contributed by atoms with Gasteiger partial charge in [0, 0.05) is 25.7 Å². The molecule has 0 aromatic heterocycles. The minimum Gasteiger partial charge on any atom is -0.315 e. The van der Waals surface area contributed by atoms with Crippen molar-refractivity contribution < 1.29 is 8.42 Å². The van der Waals surface area contributed by atoms with Gasteiger partial charge in [-0.2, -0.15) is 17.4 Å². The van der Waals surface area contributed by atoms with Gasteiger partial charge in [0.15, 0.2) is 0 Å². The van der Waals surface area contributed by atoms with Crippen LogP contribution in [0.3, 0.4) is 0 Å². The lowest BCUT2D eigenvalue weighted by atomic mass is 9.96. The van der Waals surface area contributed by atoms with Crippen molar-refractivity contribution in [3.05, 3.63) is 0 Å². The van der Waals surface area contributed by atoms with Crippen LogP contribution in [0, 0.1) is 11.8 Å². The molecule has 0 saturated carbocycles. The van der Waals surface area contributed by atoms with E-state index in [-0.39, 0.29) is 18.4 Å². The van der Waals surface area contributed by atoms with Crippen molar-refractivity contribution in [2.45, 2.75) is 39.2 Å². The monoisotopic (exact) mass is 311 g/mol. The second-order valence-electron chi connectivity index (χ2n) is 5.78. The number of hydrogen-bond donors (Lipinski definition) is 2. The highest BCUT2D eigenvalue weighted by Gasteiger charge is 2.31. The number of nitrogens with one attached hydrogen (secondary N) is 2. The second kappa shape index (κ2) is 7.22. The summed E-state index contributed by atoms with van der Waals surface area (Å²) in [5.74, 6) is 1.05. The molecule has 2 unspecified atom stereocenters. The Morgan fingerprint density at radius 1 is 1.16 bits per heavy atom. The molecule has 114 valence electrons. The molecular weight excluding hydrogens is 286 g/mol. The Hall–Kier alpha value is 0.120. The van der Waals surface area contributed by atoms with E-state index in [9.17, 15) is 8.42 Å². The summed E-state index contributed by atoms with van der Waals surface area (Å²) >= 11 is 0. The number of halogens is 1. The molecule has 2 saturated heterocycles. The summed E-state index contributed by atoms with van der Waals surface area (Å²) in [5.41, 5.74) is 0. The maximum absolute atomic E-state index is 12.3. The van der Waals surface area contributed by atoms with Crippen molar-refractivity contribution in [2.24, 2.45) is 11.8 Å². The molecule has 2 N–H and O–H groups in total. The van der Waals surface area contributed by atoms with Gasteiger partial charge in [-0.05, 0) is 37.6 Å². The standard InChI is InChI=1S/C12H25N3O2S.ClH/c1-10-4-7-15(8-5-10)18(16,17)14-12-9-13-6-3-11(12)2;/h10-14H,3-9H2,1-2H3;1H. The molecule has 0 aliphatic carbocycles. The maximum atomic E-state index is 12.3. The first-order valence-corrected chi connectivity index (χ1v) is 8.41. The van der Waals surface area contributed by atoms with Gasteiger partial charge in [0.25, 0.3) is 10.2 Å². The lowest BCUT2D eigenvalue weighted by Gasteiger charge is -2.34. The zero-order valence-electron chi connectivity index (χ0n) is 11.8. The molecule has 2 rings (SSSR count). The molecule has 5 nitrogen and oxygen atoms in total. The van der Waals surface area contributed by atoms with Crippen LogP contribution in [-0.4, -0.2) is 44.9 Å². The lowest BCUT2D eigenvalue weighted by Crippen LogP contribution is -2.54. The van der Waals surface area contributed by atoms with Gasteiger partial charge in [-0.1, -0.05) is 13.8 Å². The van der Waals surface area contributed by atoms with Gasteiger partial charge in [-0.25, -0.2) is 0 Å². The van der Waals surface area contributed by atoms with Crippen molar-refractivity contribution in [2.75, 3.05) is 26.2 Å². The number of hydrogen-bond acceptors (Lipinski definition) is 3. The first-order chi connectivity index (χ1) is 8.49. The largest absolute Gasteiger partial charge is 0.315 e. The van der Waals surface area contributed by atoms with Crippen LogP contribution in [-0.2, 0) is 10.2 Å². The van der Waals surface area contributed by atoms with Crippen LogP contribution in [0.25, 0.3) is 0 Å². The Morgan fingerprint density at radius 2 is 1.79 bits per heavy atom. The molecule has 2 heterocycles. The highest BCUT2D eigenvalue weighted by molar-refractivity contribution is 7.87. The molecule has 0 spiro atoms. The van der Waals surface area contributed by atoms with E-state index in [4.69, 9.17) is 0 Å². The fourth-order valence-electron chi connectivity index (χ4n) is 2.64. The summed E-state index contributed by atoms with van der Waals surface area (Å²) in [6.07, 6.45) is 2.98. The average Bonchev–Trinajstić information content (AvgIpc) is 2.32. The van der Waals surface area contributed by atoms with E-state index in [1.54, 1.807) is 4.31 Å². The average molecular weight is 312 g/mol. The summed E-state index contributed by atoms with van der Waals surface area (Å²) < 4.78 is 29.1. The Bertz CT molecular complexity index is 369. The van der Waals surface area contributed by atoms with Crippen LogP contribution >= 0.6 is 12.4 Å². The predicted octanol–water partition coefficient (Wildman–Crippen LogP) is 0.972. The number of nitrogens with zero attached hydrogens (tertiary/aromatic N) is 1. The quantitative estimate of drug-likeness (QED) is 0.816. The van der Waals surface area contributed by atoms with Crippen LogP contribution in [0.1, 0.15) is 33.1 Å². The van der Waals surface area contributed by atoms with Gasteiger partial charge < -0.3 is 5.32 Å². The summed E-state index contributed by atoms with van der Waals surface area (Å²) in [6.45, 7) is 7.35. The van der Waals surface area contributed by atoms with Gasteiger partial charge in [-0.3, -0.25) is 0 Å². The van der Waals surface area contributed by atoms with Crippen LogP contribution in [0.4, 0.5) is 0 Å². The third-order valence-corrected chi connectivity index (χ3v) is 5.86. The Morgan fingerprint density at radius 3 is 2.37 bits per heavy atom. The van der Waals surface area contributed by atoms with Gasteiger partial charge >= 0.3 is 0 Å². The molecule has 2 fully saturated rings. The van der Waals surface area contributed by atoms with Crippen LogP contribution in [0.5, 0.6) is 0 Å². The number of piperidine rings is 2. The minimum atomic E-state index is -3.30. The van der Waals surface area contributed by atoms with Gasteiger partial charge in [0.1, 0.15) is 0 Å². The van der Waals surface area contributed by atoms with Crippen LogP contribution in [0.15, 0.2) is 0 Å². The molecule has 2 atom stereocenters. The first kappa shape index (κ1) is 17.2. The highest BCUT2D eigenvalue weighted by atomic mass is 35.5. The van der Waals surface area contributed by atoms with E-state index < -0.39 is 10.2 Å². The van der Waals surface area contributed by atoms with Crippen molar-refractivity contribution >= 4 is 22.6 Å². The van der Waals surface area contributed by atoms with Gasteiger partial charge in [0.05, 0.1) is 0 Å². The second-order valence-corrected chi connectivity index (χ2v) is 7.48. The van der Waals surface area contributed by atoms with Crippen LogP contribution in [0.2, 0.25) is 0 Å². The summed E-state index contributed by atoms with van der Waals surface area (Å²) in [5, 5.41) is 3.25. The SMILES string of the molecule is CC1CCN(S(=O)(=O)NC2CNCCC2C)CC1.Cl. The van der Waals surface area contributed by atoms with E-state index in [1.165, 1.54) is 0 Å². The molecule has 0 bridgehead atoms. The topological polar surface area (TPSA) is 61.4 Å². The fraction of sp³-hybridized carbons (Fsp3) is 1.00. The lowest BCUT2D eigenvalue weighted by molar-refractivity contribution is 0.273. The Balaban J connectivity index is 0.00000180. The van der Waals surface area contributed by atoms with Gasteiger partial charge in [-0.15, -0.1) is 12.4 Å². The molecule has 7 heteroatoms. The third kappa shape index (κ3) is 4.56. The van der Waals surface area contributed by atoms with E-state index in [0.29, 0.717) is 24.9 Å². The summed E-state index contributed by atoms with van der Waals surface area (Å²) in [6, 6.07) is 0.0306. The van der Waals surface area contributed by atoms with E-state index >= 15 is 0 Å². The van der Waals surface area contributed by atoms with Crippen LogP contribution < -0.4 is 10.0 Å². The molecule has 2 aliphatic heterocycles. The Labute approximate surface area is 123 Å². The molecular formula is C12H26ClN3O2S. The Kier molecular flexibility index (Phi) is 6.53. The molecule has 19 heavy (non-hydrogen) atoms. The van der Waals surface area contributed by atoms with E-state index in [2.05, 4.69) is 23.9 Å².